The lowest BCUT2D eigenvalue weighted by atomic mass is 10.1. The smallest absolute Gasteiger partial charge is 0.407 e. The molecule has 1 fully saturated rings. The number of methoxy groups -OCH3 is 1. The zero-order valence-electron chi connectivity index (χ0n) is 16.4. The number of alkyl carbamates (subject to hydrolysis) is 1. The molecule has 3 rings (SSSR count). The van der Waals surface area contributed by atoms with Gasteiger partial charge in [-0.1, -0.05) is 19.4 Å². The number of benzene rings is 1. The topological polar surface area (TPSA) is 87.3 Å². The lowest BCUT2D eigenvalue weighted by Crippen LogP contribution is -2.48. The molecule has 2 amide bonds. The van der Waals surface area contributed by atoms with Crippen molar-refractivity contribution in [1.29, 1.82) is 0 Å². The molecule has 7 nitrogen and oxygen atoms in total. The average molecular weight is 467 g/mol. The quantitative estimate of drug-likeness (QED) is 0.668. The van der Waals surface area contributed by atoms with Crippen molar-refractivity contribution >= 4 is 27.9 Å². The Kier molecular flexibility index (Phi) is 6.89. The number of carbonyl (C=O) groups excluding carboxylic acids is 2. The first-order valence-corrected chi connectivity index (χ1v) is 10.4. The van der Waals surface area contributed by atoms with Crippen molar-refractivity contribution in [1.82, 2.24) is 20.2 Å². The van der Waals surface area contributed by atoms with Crippen molar-refractivity contribution in [3.63, 3.8) is 0 Å². The molecule has 0 saturated carbocycles. The van der Waals surface area contributed by atoms with Gasteiger partial charge in [0.1, 0.15) is 17.7 Å². The fourth-order valence-electron chi connectivity index (χ4n) is 3.58. The molecule has 0 spiro atoms. The third kappa shape index (κ3) is 4.77. The number of hydrogen-bond acceptors (Lipinski definition) is 4. The van der Waals surface area contributed by atoms with Crippen molar-refractivity contribution in [2.24, 2.45) is 0 Å². The van der Waals surface area contributed by atoms with Gasteiger partial charge in [0.2, 0.25) is 5.91 Å². The van der Waals surface area contributed by atoms with Crippen LogP contribution >= 0.6 is 15.9 Å². The van der Waals surface area contributed by atoms with Crippen molar-refractivity contribution in [3.05, 3.63) is 40.5 Å². The van der Waals surface area contributed by atoms with Crippen molar-refractivity contribution in [3.8, 4) is 11.3 Å². The summed E-state index contributed by atoms with van der Waals surface area (Å²) >= 11 is 3.15. The van der Waals surface area contributed by atoms with Crippen LogP contribution in [0.25, 0.3) is 11.3 Å². The molecule has 1 aromatic heterocycles. The molecular weight excluding hydrogens is 443 g/mol. The van der Waals surface area contributed by atoms with Crippen molar-refractivity contribution < 1.29 is 18.7 Å². The SMILES string of the molecule is CCC[C@H](NC(=O)OC)C(=O)N1CCC[C@H]1c1ncc(-c2ccc(Br)c(F)c2)[nH]1. The van der Waals surface area contributed by atoms with Gasteiger partial charge in [0, 0.05) is 12.1 Å². The van der Waals surface area contributed by atoms with Crippen LogP contribution in [0.2, 0.25) is 0 Å². The summed E-state index contributed by atoms with van der Waals surface area (Å²) < 4.78 is 18.9. The number of rotatable bonds is 6. The number of hydrogen-bond donors (Lipinski definition) is 2. The first-order chi connectivity index (χ1) is 13.9. The minimum Gasteiger partial charge on any atom is -0.453 e. The van der Waals surface area contributed by atoms with E-state index in [0.29, 0.717) is 34.5 Å². The molecule has 2 aromatic rings. The molecule has 2 heterocycles. The Balaban J connectivity index is 1.79. The monoisotopic (exact) mass is 466 g/mol. The molecule has 9 heteroatoms. The summed E-state index contributed by atoms with van der Waals surface area (Å²) in [5.74, 6) is 0.155. The van der Waals surface area contributed by atoms with Crippen molar-refractivity contribution in [2.45, 2.75) is 44.7 Å². The number of H-pyrrole nitrogens is 1. The Morgan fingerprint density at radius 2 is 2.28 bits per heavy atom. The Labute approximate surface area is 177 Å². The number of aromatic nitrogens is 2. The van der Waals surface area contributed by atoms with Crippen LogP contribution in [-0.2, 0) is 9.53 Å². The number of likely N-dealkylation sites (tertiary alicyclic amines) is 1. The molecule has 1 saturated heterocycles. The molecule has 0 radical (unpaired) electrons. The lowest BCUT2D eigenvalue weighted by molar-refractivity contribution is -0.134. The highest BCUT2D eigenvalue weighted by atomic mass is 79.9. The van der Waals surface area contributed by atoms with Crippen molar-refractivity contribution in [2.75, 3.05) is 13.7 Å². The van der Waals surface area contributed by atoms with Gasteiger partial charge in [0.15, 0.2) is 0 Å². The number of imidazole rings is 1. The van der Waals surface area contributed by atoms with Gasteiger partial charge in [-0.2, -0.15) is 0 Å². The summed E-state index contributed by atoms with van der Waals surface area (Å²) in [4.78, 5) is 34.1. The molecule has 29 heavy (non-hydrogen) atoms. The number of ether oxygens (including phenoxy) is 1. The van der Waals surface area contributed by atoms with Crippen LogP contribution in [-0.4, -0.2) is 46.6 Å². The number of nitrogens with one attached hydrogen (secondary N) is 2. The Morgan fingerprint density at radius 3 is 2.97 bits per heavy atom. The molecule has 0 unspecified atom stereocenters. The summed E-state index contributed by atoms with van der Waals surface area (Å²) in [5, 5.41) is 2.63. The fourth-order valence-corrected chi connectivity index (χ4v) is 3.83. The van der Waals surface area contributed by atoms with E-state index in [-0.39, 0.29) is 17.8 Å². The number of halogens is 2. The summed E-state index contributed by atoms with van der Waals surface area (Å²) in [6, 6.07) is 4.01. The van der Waals surface area contributed by atoms with Gasteiger partial charge >= 0.3 is 6.09 Å². The third-order valence-corrected chi connectivity index (χ3v) is 5.67. The first-order valence-electron chi connectivity index (χ1n) is 9.59. The maximum absolute atomic E-state index is 13.9. The maximum atomic E-state index is 13.9. The van der Waals surface area contributed by atoms with Gasteiger partial charge < -0.3 is 19.9 Å². The second-order valence-corrected chi connectivity index (χ2v) is 7.83. The van der Waals surface area contributed by atoms with Crippen LogP contribution in [0.5, 0.6) is 0 Å². The minimum absolute atomic E-state index is 0.146. The van der Waals surface area contributed by atoms with E-state index < -0.39 is 12.1 Å². The van der Waals surface area contributed by atoms with Gasteiger partial charge in [-0.05, 0) is 47.3 Å². The van der Waals surface area contributed by atoms with Gasteiger partial charge in [0.05, 0.1) is 29.5 Å². The van der Waals surface area contributed by atoms with Crippen LogP contribution in [0.1, 0.15) is 44.5 Å². The third-order valence-electron chi connectivity index (χ3n) is 5.03. The minimum atomic E-state index is -0.636. The van der Waals surface area contributed by atoms with Crippen LogP contribution in [0, 0.1) is 5.82 Å². The number of aromatic amines is 1. The van der Waals surface area contributed by atoms with Gasteiger partial charge in [-0.25, -0.2) is 14.2 Å². The van der Waals surface area contributed by atoms with E-state index in [0.717, 1.165) is 19.3 Å². The van der Waals surface area contributed by atoms with Crippen LogP contribution in [0.15, 0.2) is 28.9 Å². The van der Waals surface area contributed by atoms with Crippen LogP contribution < -0.4 is 5.32 Å². The van der Waals surface area contributed by atoms with Gasteiger partial charge in [-0.3, -0.25) is 4.79 Å². The van der Waals surface area contributed by atoms with Crippen LogP contribution in [0.4, 0.5) is 9.18 Å². The van der Waals surface area contributed by atoms with E-state index in [1.807, 2.05) is 6.92 Å². The molecule has 1 aromatic carbocycles. The summed E-state index contributed by atoms with van der Waals surface area (Å²) in [6.07, 6.45) is 3.92. The van der Waals surface area contributed by atoms with E-state index in [1.54, 1.807) is 23.2 Å². The Morgan fingerprint density at radius 1 is 1.48 bits per heavy atom. The van der Waals surface area contributed by atoms with E-state index in [1.165, 1.54) is 13.2 Å². The number of amides is 2. The lowest BCUT2D eigenvalue weighted by Gasteiger charge is -2.28. The zero-order chi connectivity index (χ0) is 21.0. The molecule has 156 valence electrons. The predicted molar refractivity (Wildman–Crippen MR) is 110 cm³/mol. The molecule has 1 aliphatic rings. The normalized spacial score (nSPS) is 17.2. The van der Waals surface area contributed by atoms with Gasteiger partial charge in [0.25, 0.3) is 0 Å². The highest BCUT2D eigenvalue weighted by Crippen LogP contribution is 2.32. The standard InChI is InChI=1S/C20H24BrFN4O3/c1-3-5-15(25-20(28)29-2)19(27)26-9-4-6-17(26)18-23-11-16(24-18)12-7-8-13(21)14(22)10-12/h7-8,10-11,15,17H,3-6,9H2,1-2H3,(H,23,24)(H,25,28)/t15-,17-/m0/s1. The molecule has 0 aliphatic carbocycles. The van der Waals surface area contributed by atoms with E-state index in [2.05, 4.69) is 36.0 Å². The Hall–Kier alpha value is -2.42. The summed E-state index contributed by atoms with van der Waals surface area (Å²) in [7, 11) is 1.27. The molecular formula is C20H24BrFN4O3. The molecule has 2 N–H and O–H groups in total. The largest absolute Gasteiger partial charge is 0.453 e. The van der Waals surface area contributed by atoms with E-state index in [9.17, 15) is 14.0 Å². The first kappa shape index (κ1) is 21.3. The fraction of sp³-hybridized carbons (Fsp3) is 0.450. The van der Waals surface area contributed by atoms with Gasteiger partial charge in [-0.15, -0.1) is 0 Å². The van der Waals surface area contributed by atoms with E-state index in [4.69, 9.17) is 0 Å². The van der Waals surface area contributed by atoms with Crippen LogP contribution in [0.3, 0.4) is 0 Å². The predicted octanol–water partition coefficient (Wildman–Crippen LogP) is 4.17. The molecule has 2 atom stereocenters. The molecule has 0 bridgehead atoms. The zero-order valence-corrected chi connectivity index (χ0v) is 18.0. The summed E-state index contributed by atoms with van der Waals surface area (Å²) in [5.41, 5.74) is 1.36. The highest BCUT2D eigenvalue weighted by molar-refractivity contribution is 9.10. The second kappa shape index (κ2) is 9.39. The Bertz CT molecular complexity index is 888. The second-order valence-electron chi connectivity index (χ2n) is 6.98. The average Bonchev–Trinajstić information content (AvgIpc) is 3.38. The summed E-state index contributed by atoms with van der Waals surface area (Å²) in [6.45, 7) is 2.55. The highest BCUT2D eigenvalue weighted by Gasteiger charge is 2.36. The number of nitrogens with zero attached hydrogens (tertiary/aromatic N) is 2. The molecule has 1 aliphatic heterocycles. The van der Waals surface area contributed by atoms with E-state index >= 15 is 0 Å². The maximum Gasteiger partial charge on any atom is 0.407 e. The number of carbonyl (C=O) groups is 2.